The SMILES string of the molecule is CCCCOC(=O)[C@@H](CNC(=O)c1cc2nccc(C)c2s1)NC(=O)OCc1ccccc1.CCCCOC(=O)[C@H](N)CNC(=O)c1cc2nccc(C)c2s1. The fourth-order valence-electron chi connectivity index (χ4n) is 4.95. The van der Waals surface area contributed by atoms with Gasteiger partial charge >= 0.3 is 18.0 Å². The van der Waals surface area contributed by atoms with E-state index in [-0.39, 0.29) is 38.1 Å². The van der Waals surface area contributed by atoms with Gasteiger partial charge in [0, 0.05) is 25.5 Å². The second-order valence-electron chi connectivity index (χ2n) is 12.7. The molecule has 0 saturated heterocycles. The number of carbonyl (C=O) groups excluding carboxylic acids is 5. The molecule has 14 nitrogen and oxygen atoms in total. The predicted octanol–water partition coefficient (Wildman–Crippen LogP) is 5.98. The number of hydrogen-bond donors (Lipinski definition) is 4. The quantitative estimate of drug-likeness (QED) is 0.0490. The molecule has 5 N–H and O–H groups in total. The van der Waals surface area contributed by atoms with Crippen molar-refractivity contribution >= 4 is 73.0 Å². The second kappa shape index (κ2) is 22.2. The molecular formula is C40H48N6O8S2. The molecule has 0 unspecified atom stereocenters. The molecule has 5 aromatic rings. The Balaban J connectivity index is 0.000000265. The van der Waals surface area contributed by atoms with Gasteiger partial charge in [-0.3, -0.25) is 24.4 Å². The van der Waals surface area contributed by atoms with Crippen LogP contribution in [0, 0.1) is 13.8 Å². The third kappa shape index (κ3) is 13.1. The summed E-state index contributed by atoms with van der Waals surface area (Å²) in [6.07, 6.45) is 5.95. The van der Waals surface area contributed by atoms with Crippen LogP contribution in [0.15, 0.2) is 67.0 Å². The summed E-state index contributed by atoms with van der Waals surface area (Å²) in [7, 11) is 0. The fraction of sp³-hybridized carbons (Fsp3) is 0.375. The maximum atomic E-state index is 12.7. The lowest BCUT2D eigenvalue weighted by atomic mass is 10.2. The molecule has 2 atom stereocenters. The van der Waals surface area contributed by atoms with Crippen LogP contribution in [0.3, 0.4) is 0 Å². The monoisotopic (exact) mass is 804 g/mol. The number of aromatic nitrogens is 2. The lowest BCUT2D eigenvalue weighted by molar-refractivity contribution is -0.146. The van der Waals surface area contributed by atoms with Gasteiger partial charge in [0.2, 0.25) is 0 Å². The third-order valence-corrected chi connectivity index (χ3v) is 10.7. The van der Waals surface area contributed by atoms with Crippen LogP contribution in [0.2, 0.25) is 0 Å². The summed E-state index contributed by atoms with van der Waals surface area (Å²) in [6.45, 7) is 8.49. The average molecular weight is 805 g/mol. The summed E-state index contributed by atoms with van der Waals surface area (Å²) in [6, 6.07) is 14.5. The summed E-state index contributed by atoms with van der Waals surface area (Å²) < 4.78 is 17.4. The molecular weight excluding hydrogens is 757 g/mol. The molecule has 0 aliphatic rings. The molecule has 0 aliphatic carbocycles. The lowest BCUT2D eigenvalue weighted by Gasteiger charge is -2.18. The van der Waals surface area contributed by atoms with Crippen molar-refractivity contribution in [3.63, 3.8) is 0 Å². The van der Waals surface area contributed by atoms with Crippen molar-refractivity contribution in [1.29, 1.82) is 0 Å². The first-order chi connectivity index (χ1) is 27.0. The van der Waals surface area contributed by atoms with Crippen molar-refractivity contribution in [3.8, 4) is 0 Å². The molecule has 56 heavy (non-hydrogen) atoms. The van der Waals surface area contributed by atoms with E-state index in [1.165, 1.54) is 22.7 Å². The normalized spacial score (nSPS) is 11.8. The molecule has 0 radical (unpaired) electrons. The highest BCUT2D eigenvalue weighted by Crippen LogP contribution is 2.27. The molecule has 4 heterocycles. The maximum absolute atomic E-state index is 12.7. The smallest absolute Gasteiger partial charge is 0.408 e. The van der Waals surface area contributed by atoms with Crippen LogP contribution in [0.4, 0.5) is 4.79 Å². The van der Waals surface area contributed by atoms with Gasteiger partial charge in [0.15, 0.2) is 0 Å². The van der Waals surface area contributed by atoms with Gasteiger partial charge in [-0.1, -0.05) is 57.0 Å². The Morgan fingerprint density at radius 3 is 1.75 bits per heavy atom. The Bertz CT molecular complexity index is 2090. The van der Waals surface area contributed by atoms with Crippen LogP contribution < -0.4 is 21.7 Å². The van der Waals surface area contributed by atoms with Gasteiger partial charge in [0.25, 0.3) is 11.8 Å². The van der Waals surface area contributed by atoms with Crippen molar-refractivity contribution in [2.45, 2.75) is 72.1 Å². The van der Waals surface area contributed by atoms with Crippen LogP contribution in [0.5, 0.6) is 0 Å². The Hall–Kier alpha value is -5.45. The van der Waals surface area contributed by atoms with Crippen molar-refractivity contribution in [2.24, 2.45) is 5.73 Å². The van der Waals surface area contributed by atoms with Gasteiger partial charge in [-0.2, -0.15) is 0 Å². The van der Waals surface area contributed by atoms with Gasteiger partial charge in [0.05, 0.1) is 43.4 Å². The lowest BCUT2D eigenvalue weighted by Crippen LogP contribution is -2.49. The van der Waals surface area contributed by atoms with Crippen molar-refractivity contribution in [1.82, 2.24) is 25.9 Å². The molecule has 3 amide bonds. The van der Waals surface area contributed by atoms with E-state index in [2.05, 4.69) is 25.9 Å². The van der Waals surface area contributed by atoms with E-state index in [0.29, 0.717) is 22.8 Å². The molecule has 0 saturated carbocycles. The average Bonchev–Trinajstić information content (AvgIpc) is 3.85. The molecule has 4 aromatic heterocycles. The number of esters is 2. The van der Waals surface area contributed by atoms with E-state index in [0.717, 1.165) is 56.4 Å². The number of pyridine rings is 2. The summed E-state index contributed by atoms with van der Waals surface area (Å²) >= 11 is 2.70. The van der Waals surface area contributed by atoms with Gasteiger partial charge in [-0.15, -0.1) is 22.7 Å². The van der Waals surface area contributed by atoms with Crippen LogP contribution >= 0.6 is 22.7 Å². The summed E-state index contributed by atoms with van der Waals surface area (Å²) in [5.41, 5.74) is 10.2. The number of hydrogen-bond acceptors (Lipinski definition) is 13. The zero-order valence-electron chi connectivity index (χ0n) is 31.9. The van der Waals surface area contributed by atoms with Crippen LogP contribution in [0.25, 0.3) is 20.4 Å². The molecule has 1 aromatic carbocycles. The number of nitrogens with zero attached hydrogens (tertiary/aromatic N) is 2. The molecule has 0 bridgehead atoms. The number of benzene rings is 1. The predicted molar refractivity (Wildman–Crippen MR) is 217 cm³/mol. The van der Waals surface area contributed by atoms with E-state index < -0.39 is 30.1 Å². The topological polar surface area (TPSA) is 201 Å². The van der Waals surface area contributed by atoms with E-state index in [1.54, 1.807) is 24.5 Å². The molecule has 298 valence electrons. The second-order valence-corrected chi connectivity index (χ2v) is 14.8. The van der Waals surface area contributed by atoms with E-state index in [9.17, 15) is 24.0 Å². The van der Waals surface area contributed by atoms with Crippen LogP contribution in [-0.4, -0.2) is 78.2 Å². The van der Waals surface area contributed by atoms with Gasteiger partial charge in [-0.05, 0) is 67.6 Å². The number of unbranched alkanes of at least 4 members (excludes halogenated alkanes) is 2. The number of nitrogens with two attached hydrogens (primary N) is 1. The number of amides is 3. The highest BCUT2D eigenvalue weighted by atomic mass is 32.1. The number of thiophene rings is 2. The number of aryl methyl sites for hydroxylation is 2. The third-order valence-electron chi connectivity index (χ3n) is 8.19. The maximum Gasteiger partial charge on any atom is 0.408 e. The first-order valence-electron chi connectivity index (χ1n) is 18.3. The number of nitrogens with one attached hydrogen (secondary N) is 3. The molecule has 16 heteroatoms. The van der Waals surface area contributed by atoms with Crippen LogP contribution in [-0.2, 0) is 30.4 Å². The fourth-order valence-corrected chi connectivity index (χ4v) is 6.95. The Morgan fingerprint density at radius 1 is 0.714 bits per heavy atom. The number of carbonyl (C=O) groups is 5. The Labute approximate surface area is 333 Å². The number of alkyl carbamates (subject to hydrolysis) is 1. The number of rotatable bonds is 17. The Morgan fingerprint density at radius 2 is 1.23 bits per heavy atom. The molecule has 0 fully saturated rings. The summed E-state index contributed by atoms with van der Waals surface area (Å²) in [5, 5.41) is 7.87. The van der Waals surface area contributed by atoms with Gasteiger partial charge < -0.3 is 35.9 Å². The number of fused-ring (bicyclic) bond motifs is 2. The van der Waals surface area contributed by atoms with Gasteiger partial charge in [0.1, 0.15) is 18.7 Å². The summed E-state index contributed by atoms with van der Waals surface area (Å²) in [5.74, 6) is -1.74. The molecule has 5 rings (SSSR count). The minimum Gasteiger partial charge on any atom is -0.464 e. The van der Waals surface area contributed by atoms with E-state index in [1.807, 2.05) is 70.2 Å². The van der Waals surface area contributed by atoms with Crippen molar-refractivity contribution in [3.05, 3.63) is 93.4 Å². The molecule has 0 spiro atoms. The first kappa shape index (κ1) is 43.3. The van der Waals surface area contributed by atoms with Crippen molar-refractivity contribution in [2.75, 3.05) is 26.3 Å². The largest absolute Gasteiger partial charge is 0.464 e. The zero-order chi connectivity index (χ0) is 40.5. The highest BCUT2D eigenvalue weighted by Gasteiger charge is 2.25. The standard InChI is InChI=1S/C24H27N3O5S.C16H21N3O3S/c1-3-4-12-31-23(29)19(27-24(30)32-15-17-8-6-5-7-9-17)14-26-22(28)20-13-18-21(33-20)16(2)10-11-25-18;1-3-4-7-22-16(21)11(17)9-19-15(20)13-8-12-14(23-13)10(2)5-6-18-12/h5-11,13,19H,3-4,12,14-15H2,1-2H3,(H,26,28)(H,27,30);5-6,8,11H,3-4,7,9,17H2,1-2H3,(H,19,20)/t19-;11-/m11/s1. The Kier molecular flexibility index (Phi) is 17.1. The first-order valence-corrected chi connectivity index (χ1v) is 20.0. The van der Waals surface area contributed by atoms with E-state index >= 15 is 0 Å². The van der Waals surface area contributed by atoms with E-state index in [4.69, 9.17) is 19.9 Å². The molecule has 0 aliphatic heterocycles. The number of ether oxygens (including phenoxy) is 3. The summed E-state index contributed by atoms with van der Waals surface area (Å²) in [4.78, 5) is 70.8. The van der Waals surface area contributed by atoms with Crippen LogP contribution in [0.1, 0.15) is 75.6 Å². The minimum absolute atomic E-state index is 0.0461. The minimum atomic E-state index is -1.08. The highest BCUT2D eigenvalue weighted by molar-refractivity contribution is 7.21. The van der Waals surface area contributed by atoms with Crippen molar-refractivity contribution < 1.29 is 38.2 Å². The van der Waals surface area contributed by atoms with Gasteiger partial charge in [-0.25, -0.2) is 9.59 Å². The zero-order valence-corrected chi connectivity index (χ0v) is 33.6.